The van der Waals surface area contributed by atoms with Gasteiger partial charge in [-0.15, -0.1) is 0 Å². The molecular weight excluding hydrogens is 1120 g/mol. The Morgan fingerprint density at radius 3 is 1.81 bits per heavy atom. The van der Waals surface area contributed by atoms with E-state index < -0.39 is 102 Å². The van der Waals surface area contributed by atoms with E-state index in [2.05, 4.69) is 47.5 Å². The molecule has 0 radical (unpaired) electrons. The van der Waals surface area contributed by atoms with Crippen LogP contribution in [0.1, 0.15) is 67.7 Å². The van der Waals surface area contributed by atoms with E-state index in [0.717, 1.165) is 38.1 Å². The molecule has 5 aromatic rings. The van der Waals surface area contributed by atoms with E-state index in [1.807, 2.05) is 54.6 Å². The van der Waals surface area contributed by atoms with Crippen LogP contribution < -0.4 is 54.0 Å². The third kappa shape index (κ3) is 19.6. The molecule has 3 heterocycles. The summed E-state index contributed by atoms with van der Waals surface area (Å²) in [5.41, 5.74) is 15.5. The Kier molecular flexibility index (Phi) is 25.2. The zero-order valence-corrected chi connectivity index (χ0v) is 49.2. The molecular formula is C61H78N12O10S2. The van der Waals surface area contributed by atoms with Gasteiger partial charge < -0.3 is 69.0 Å². The molecule has 0 saturated carbocycles. The van der Waals surface area contributed by atoms with Gasteiger partial charge in [0.25, 0.3) is 0 Å². The lowest BCUT2D eigenvalue weighted by Crippen LogP contribution is -2.63. The first-order valence-electron chi connectivity index (χ1n) is 28.8. The molecule has 0 aliphatic carbocycles. The Hall–Kier alpha value is -7.77. The number of aliphatic hydroxyl groups excluding tert-OH is 1. The van der Waals surface area contributed by atoms with Crippen LogP contribution in [0.3, 0.4) is 0 Å². The highest BCUT2D eigenvalue weighted by Crippen LogP contribution is 2.26. The van der Waals surface area contributed by atoms with Gasteiger partial charge in [-0.25, -0.2) is 0 Å². The highest BCUT2D eigenvalue weighted by Gasteiger charge is 2.39. The average molecular weight is 1200 g/mol. The van der Waals surface area contributed by atoms with Crippen molar-refractivity contribution in [3.05, 3.63) is 144 Å². The Bertz CT molecular complexity index is 3050. The van der Waals surface area contributed by atoms with Crippen LogP contribution in [0.5, 0.6) is 0 Å². The molecule has 2 saturated heterocycles. The Morgan fingerprint density at radius 1 is 0.612 bits per heavy atom. The summed E-state index contributed by atoms with van der Waals surface area (Å²) in [6.07, 6.45) is 1.49. The number of hydrogen-bond donors (Lipinski definition) is 12. The predicted molar refractivity (Wildman–Crippen MR) is 327 cm³/mol. The van der Waals surface area contributed by atoms with Crippen LogP contribution >= 0.6 is 21.6 Å². The van der Waals surface area contributed by atoms with E-state index in [1.165, 1.54) is 11.8 Å². The van der Waals surface area contributed by atoms with E-state index in [4.69, 9.17) is 11.5 Å². The van der Waals surface area contributed by atoms with Crippen LogP contribution in [0.25, 0.3) is 10.9 Å². The molecule has 14 N–H and O–H groups in total. The summed E-state index contributed by atoms with van der Waals surface area (Å²) in [4.78, 5) is 136. The van der Waals surface area contributed by atoms with Crippen LogP contribution in [-0.4, -0.2) is 160 Å². The van der Waals surface area contributed by atoms with Crippen molar-refractivity contribution in [2.24, 2.45) is 11.5 Å². The molecule has 9 atom stereocenters. The minimum absolute atomic E-state index is 0.0124. The number of H-pyrrole nitrogens is 1. The number of fused-ring (bicyclic) bond motifs is 6. The number of hydrogen-bond acceptors (Lipinski definition) is 14. The average Bonchev–Trinajstić information content (AvgIpc) is 4.15. The number of aromatic nitrogens is 1. The first-order valence-corrected chi connectivity index (χ1v) is 31.3. The topological polar surface area (TPSA) is 341 Å². The zero-order valence-electron chi connectivity index (χ0n) is 47.6. The summed E-state index contributed by atoms with van der Waals surface area (Å²) >= 11 is 0. The number of carbonyl (C=O) groups excluding carboxylic acids is 9. The fourth-order valence-corrected chi connectivity index (χ4v) is 12.5. The number of aromatic amines is 1. The number of nitrogens with zero attached hydrogens (tertiary/aromatic N) is 1. The van der Waals surface area contributed by atoms with Crippen LogP contribution in [-0.2, 0) is 68.8 Å². The largest absolute Gasteiger partial charge is 0.391 e. The fourth-order valence-electron chi connectivity index (χ4n) is 10.2. The molecule has 24 heteroatoms. The van der Waals surface area contributed by atoms with Crippen LogP contribution in [0.2, 0.25) is 0 Å². The molecule has 4 aromatic carbocycles. The number of aliphatic hydroxyl groups is 1. The number of benzene rings is 4. The van der Waals surface area contributed by atoms with E-state index >= 15 is 14.4 Å². The summed E-state index contributed by atoms with van der Waals surface area (Å²) in [7, 11) is 2.13. The number of nitrogens with two attached hydrogens (primary N) is 2. The molecule has 7 rings (SSSR count). The maximum Gasteiger partial charge on any atom is 0.246 e. The van der Waals surface area contributed by atoms with Gasteiger partial charge in [-0.3, -0.25) is 43.2 Å². The van der Waals surface area contributed by atoms with Crippen molar-refractivity contribution in [3.63, 3.8) is 0 Å². The van der Waals surface area contributed by atoms with Crippen molar-refractivity contribution in [3.8, 4) is 0 Å². The second-order valence-corrected chi connectivity index (χ2v) is 23.8. The molecule has 2 fully saturated rings. The van der Waals surface area contributed by atoms with Gasteiger partial charge in [0.15, 0.2) is 0 Å². The molecule has 85 heavy (non-hydrogen) atoms. The quantitative estimate of drug-likeness (QED) is 0.0518. The van der Waals surface area contributed by atoms with E-state index in [1.54, 1.807) is 66.9 Å². The van der Waals surface area contributed by atoms with Gasteiger partial charge in [0.05, 0.1) is 12.1 Å². The van der Waals surface area contributed by atoms with Crippen molar-refractivity contribution in [1.82, 2.24) is 52.4 Å². The lowest BCUT2D eigenvalue weighted by atomic mass is 10.0. The summed E-state index contributed by atoms with van der Waals surface area (Å²) in [6, 6.07) is 23.6. The zero-order chi connectivity index (χ0) is 60.7. The molecule has 2 aliphatic heterocycles. The molecule has 2 bridgehead atoms. The fraction of sp³-hybridized carbons (Fsp3) is 0.426. The summed E-state index contributed by atoms with van der Waals surface area (Å²) in [5.74, 6) is -7.08. The normalized spacial score (nSPS) is 23.3. The van der Waals surface area contributed by atoms with Gasteiger partial charge in [0.1, 0.15) is 42.3 Å². The number of amides is 9. The molecule has 1 aromatic heterocycles. The lowest BCUT2D eigenvalue weighted by molar-refractivity contribution is -0.143. The first-order chi connectivity index (χ1) is 41.1. The number of rotatable bonds is 15. The van der Waals surface area contributed by atoms with Gasteiger partial charge in [-0.1, -0.05) is 131 Å². The van der Waals surface area contributed by atoms with E-state index in [0.29, 0.717) is 36.0 Å². The van der Waals surface area contributed by atoms with Crippen molar-refractivity contribution in [2.75, 3.05) is 37.7 Å². The molecule has 0 spiro atoms. The highest BCUT2D eigenvalue weighted by molar-refractivity contribution is 8.76. The highest BCUT2D eigenvalue weighted by atomic mass is 33.1. The third-order valence-corrected chi connectivity index (χ3v) is 17.2. The second kappa shape index (κ2) is 33.1. The maximum absolute atomic E-state index is 15.3. The monoisotopic (exact) mass is 1200 g/mol. The summed E-state index contributed by atoms with van der Waals surface area (Å²) in [5, 5.41) is 35.1. The SMILES string of the molecule is C[C@@H](O)[C@@H]1NC(=O)[C@H](CCCCN)NC(=O)[C@@H](Cc2c[nH]c3ccccc23)NC(=O)[C@H](Cc2ccccc2)NC(=O)[C@@H]2CSSC[C@H](NC1=O)C(=O)N([C@@H](Cc1ccccc1)C(N)=O)CCCNC(=O)CCCN[C@@H](Cc1ccccc1)C(=O)N2. The number of nitrogens with one attached hydrogen (secondary N) is 9. The standard InChI is InChI=1S/C61H78N12O10S2/c1-38(74)53-60(82)71-50-37-85-84-36-49(70-56(78)46(31-39-17-5-2-6-18-39)64-28-15-26-52(75)65-29-16-30-73(61(50)83)51(54(63)76)33-41-21-9-4-10-22-41)59(81)68-47(32-40-19-7-3-8-20-40)57(79)69-48(34-42-35-66-44-24-12-11-23-43(42)44)58(80)67-45(55(77)72-53)25-13-14-27-62/h2-12,17-24,35,38,45-51,53,64,66,74H,13-16,25-34,36-37,62H2,1H3,(H2,63,76)(H,65,75)(H,67,80)(H,68,81)(H,69,79)(H,70,78)(H,71,82)(H,72,77)/t38-,45+,46+,47+,48-,49+,50+,51+,53+/m1/s1. The van der Waals surface area contributed by atoms with Crippen molar-refractivity contribution in [2.45, 2.75) is 126 Å². The van der Waals surface area contributed by atoms with Crippen LogP contribution in [0.15, 0.2) is 121 Å². The smallest absolute Gasteiger partial charge is 0.246 e. The van der Waals surface area contributed by atoms with Crippen LogP contribution in [0, 0.1) is 0 Å². The lowest BCUT2D eigenvalue weighted by Gasteiger charge is -2.34. The summed E-state index contributed by atoms with van der Waals surface area (Å²) in [6.45, 7) is 1.74. The van der Waals surface area contributed by atoms with Gasteiger partial charge in [-0.2, -0.15) is 0 Å². The van der Waals surface area contributed by atoms with Crippen molar-refractivity contribution >= 4 is 85.7 Å². The molecule has 22 nitrogen and oxygen atoms in total. The first kappa shape index (κ1) is 64.8. The van der Waals surface area contributed by atoms with Gasteiger partial charge in [0, 0.05) is 67.4 Å². The summed E-state index contributed by atoms with van der Waals surface area (Å²) < 4.78 is 0. The minimum atomic E-state index is -1.72. The second-order valence-electron chi connectivity index (χ2n) is 21.3. The Labute approximate surface area is 502 Å². The molecule has 2 aliphatic rings. The maximum atomic E-state index is 15.3. The molecule has 454 valence electrons. The third-order valence-electron chi connectivity index (χ3n) is 14.8. The number of primary amides is 1. The van der Waals surface area contributed by atoms with E-state index in [9.17, 15) is 33.9 Å². The molecule has 0 unspecified atom stereocenters. The molecule has 9 amide bonds. The van der Waals surface area contributed by atoms with Crippen LogP contribution in [0.4, 0.5) is 0 Å². The van der Waals surface area contributed by atoms with Crippen molar-refractivity contribution < 1.29 is 48.3 Å². The minimum Gasteiger partial charge on any atom is -0.391 e. The number of carbonyl (C=O) groups is 9. The Balaban J connectivity index is 1.33. The number of unbranched alkanes of at least 4 members (excludes halogenated alkanes) is 1. The van der Waals surface area contributed by atoms with Crippen molar-refractivity contribution in [1.29, 1.82) is 0 Å². The van der Waals surface area contributed by atoms with Gasteiger partial charge in [-0.05, 0) is 86.9 Å². The van der Waals surface area contributed by atoms with Gasteiger partial charge >= 0.3 is 0 Å². The number of para-hydroxylation sites is 1. The Morgan fingerprint density at radius 2 is 1.16 bits per heavy atom. The predicted octanol–water partition coefficient (Wildman–Crippen LogP) is 1.19. The van der Waals surface area contributed by atoms with E-state index in [-0.39, 0.29) is 88.5 Å². The van der Waals surface area contributed by atoms with Gasteiger partial charge in [0.2, 0.25) is 53.2 Å².